The second kappa shape index (κ2) is 10.5. The zero-order valence-corrected chi connectivity index (χ0v) is 19.8. The Hall–Kier alpha value is -2.44. The average Bonchev–Trinajstić information content (AvgIpc) is 2.94. The summed E-state index contributed by atoms with van der Waals surface area (Å²) in [5.41, 5.74) is 2.68. The molecule has 2 aromatic carbocycles. The number of hydrogen-bond acceptors (Lipinski definition) is 3. The molecule has 7 heteroatoms. The molecule has 32 heavy (non-hydrogen) atoms. The molecule has 0 atom stereocenters. The molecule has 0 aliphatic carbocycles. The number of carbonyl (C=O) groups excluding carboxylic acids is 2. The van der Waals surface area contributed by atoms with E-state index in [4.69, 9.17) is 11.6 Å². The monoisotopic (exact) mass is 469 g/mol. The number of anilines is 1. The van der Waals surface area contributed by atoms with Crippen molar-refractivity contribution in [3.63, 3.8) is 0 Å². The Morgan fingerprint density at radius 2 is 1.81 bits per heavy atom. The Kier molecular flexibility index (Phi) is 7.43. The zero-order chi connectivity index (χ0) is 22.5. The molecule has 0 bridgehead atoms. The molecule has 2 amide bonds. The third-order valence-electron chi connectivity index (χ3n) is 5.83. The summed E-state index contributed by atoms with van der Waals surface area (Å²) >= 11 is 7.64. The number of fused-ring (bicyclic) bond motifs is 1. The zero-order valence-electron chi connectivity index (χ0n) is 18.3. The summed E-state index contributed by atoms with van der Waals surface area (Å²) in [5.74, 6) is 0.352. The fourth-order valence-electron chi connectivity index (χ4n) is 4.04. The molecule has 168 valence electrons. The molecule has 1 fully saturated rings. The van der Waals surface area contributed by atoms with Crippen molar-refractivity contribution in [2.24, 2.45) is 0 Å². The number of likely N-dealkylation sites (tertiary alicyclic amines) is 1. The van der Waals surface area contributed by atoms with Gasteiger partial charge in [0.2, 0.25) is 11.8 Å². The highest BCUT2D eigenvalue weighted by Crippen LogP contribution is 2.30. The van der Waals surface area contributed by atoms with Gasteiger partial charge in [-0.2, -0.15) is 0 Å². The lowest BCUT2D eigenvalue weighted by Crippen LogP contribution is -2.34. The highest BCUT2D eigenvalue weighted by atomic mass is 35.5. The molecule has 3 aromatic rings. The number of nitrogens with one attached hydrogen (secondary N) is 1. The topological polar surface area (TPSA) is 54.3 Å². The van der Waals surface area contributed by atoms with Gasteiger partial charge in [0.1, 0.15) is 6.54 Å². The van der Waals surface area contributed by atoms with E-state index in [0.29, 0.717) is 17.3 Å². The molecule has 0 radical (unpaired) electrons. The largest absolute Gasteiger partial charge is 0.341 e. The molecule has 1 aliphatic rings. The molecule has 0 saturated carbocycles. The Morgan fingerprint density at radius 3 is 2.56 bits per heavy atom. The smallest absolute Gasteiger partial charge is 0.242 e. The van der Waals surface area contributed by atoms with Gasteiger partial charge in [0.15, 0.2) is 0 Å². The van der Waals surface area contributed by atoms with Crippen LogP contribution in [-0.2, 0) is 16.1 Å². The van der Waals surface area contributed by atoms with Gasteiger partial charge in [-0.05, 0) is 43.5 Å². The van der Waals surface area contributed by atoms with Crippen LogP contribution in [0.4, 0.5) is 5.69 Å². The minimum atomic E-state index is -0.0904. The van der Waals surface area contributed by atoms with E-state index in [1.807, 2.05) is 59.0 Å². The van der Waals surface area contributed by atoms with Crippen LogP contribution >= 0.6 is 23.4 Å². The minimum Gasteiger partial charge on any atom is -0.341 e. The summed E-state index contributed by atoms with van der Waals surface area (Å²) < 4.78 is 2.02. The van der Waals surface area contributed by atoms with Crippen molar-refractivity contribution in [2.75, 3.05) is 24.2 Å². The number of benzene rings is 2. The summed E-state index contributed by atoms with van der Waals surface area (Å²) in [4.78, 5) is 28.4. The number of halogens is 1. The van der Waals surface area contributed by atoms with Crippen LogP contribution in [-0.4, -0.2) is 40.1 Å². The second-order valence-electron chi connectivity index (χ2n) is 8.23. The SMILES string of the molecule is Cc1ccc(NC(=O)CSc2cn(CC(=O)N3CCCCCC3)c3ccccc23)cc1Cl. The van der Waals surface area contributed by atoms with Crippen molar-refractivity contribution in [1.29, 1.82) is 0 Å². The quantitative estimate of drug-likeness (QED) is 0.468. The third kappa shape index (κ3) is 5.48. The molecule has 4 rings (SSSR count). The molecule has 1 N–H and O–H groups in total. The third-order valence-corrected chi connectivity index (χ3v) is 7.28. The van der Waals surface area contributed by atoms with Crippen molar-refractivity contribution in [3.8, 4) is 0 Å². The molecule has 0 unspecified atom stereocenters. The number of para-hydroxylation sites is 1. The number of aryl methyl sites for hydroxylation is 1. The van der Waals surface area contributed by atoms with Crippen LogP contribution in [0.5, 0.6) is 0 Å². The molecule has 0 spiro atoms. The summed E-state index contributed by atoms with van der Waals surface area (Å²) in [7, 11) is 0. The van der Waals surface area contributed by atoms with Crippen LogP contribution in [0.1, 0.15) is 31.2 Å². The van der Waals surface area contributed by atoms with Crippen molar-refractivity contribution in [1.82, 2.24) is 9.47 Å². The van der Waals surface area contributed by atoms with E-state index < -0.39 is 0 Å². The molecule has 1 aromatic heterocycles. The van der Waals surface area contributed by atoms with Crippen molar-refractivity contribution < 1.29 is 9.59 Å². The van der Waals surface area contributed by atoms with E-state index in [1.54, 1.807) is 6.07 Å². The Balaban J connectivity index is 1.44. The lowest BCUT2D eigenvalue weighted by molar-refractivity contribution is -0.131. The lowest BCUT2D eigenvalue weighted by atomic mass is 10.2. The van der Waals surface area contributed by atoms with Crippen LogP contribution in [0, 0.1) is 6.92 Å². The lowest BCUT2D eigenvalue weighted by Gasteiger charge is -2.20. The van der Waals surface area contributed by atoms with Gasteiger partial charge in [-0.15, -0.1) is 11.8 Å². The number of aromatic nitrogens is 1. The first-order chi connectivity index (χ1) is 15.5. The van der Waals surface area contributed by atoms with Gasteiger partial charge in [-0.3, -0.25) is 9.59 Å². The normalized spacial score (nSPS) is 14.4. The summed E-state index contributed by atoms with van der Waals surface area (Å²) in [5, 5.41) is 4.60. The summed E-state index contributed by atoms with van der Waals surface area (Å²) in [6.45, 7) is 3.96. The number of amides is 2. The van der Waals surface area contributed by atoms with Gasteiger partial charge < -0.3 is 14.8 Å². The predicted octanol–water partition coefficient (Wildman–Crippen LogP) is 5.74. The van der Waals surface area contributed by atoms with Gasteiger partial charge in [-0.1, -0.05) is 48.7 Å². The van der Waals surface area contributed by atoms with Crippen molar-refractivity contribution >= 4 is 51.8 Å². The number of rotatable bonds is 6. The molecule has 1 saturated heterocycles. The van der Waals surface area contributed by atoms with Crippen LogP contribution < -0.4 is 5.32 Å². The number of nitrogens with zero attached hydrogens (tertiary/aromatic N) is 2. The van der Waals surface area contributed by atoms with E-state index in [2.05, 4.69) is 5.32 Å². The highest BCUT2D eigenvalue weighted by Gasteiger charge is 2.18. The van der Waals surface area contributed by atoms with Crippen LogP contribution in [0.25, 0.3) is 10.9 Å². The van der Waals surface area contributed by atoms with Gasteiger partial charge in [0.05, 0.1) is 5.75 Å². The highest BCUT2D eigenvalue weighted by molar-refractivity contribution is 8.00. The number of thioether (sulfide) groups is 1. The first-order valence-electron chi connectivity index (χ1n) is 11.1. The molecular formula is C25H28ClN3O2S. The van der Waals surface area contributed by atoms with Crippen LogP contribution in [0.3, 0.4) is 0 Å². The fourth-order valence-corrected chi connectivity index (χ4v) is 5.10. The first-order valence-corrected chi connectivity index (χ1v) is 12.4. The minimum absolute atomic E-state index is 0.0904. The second-order valence-corrected chi connectivity index (χ2v) is 9.66. The predicted molar refractivity (Wildman–Crippen MR) is 133 cm³/mol. The van der Waals surface area contributed by atoms with Crippen molar-refractivity contribution in [2.45, 2.75) is 44.0 Å². The average molecular weight is 470 g/mol. The van der Waals surface area contributed by atoms with Crippen molar-refractivity contribution in [3.05, 3.63) is 59.2 Å². The number of carbonyl (C=O) groups is 2. The summed E-state index contributed by atoms with van der Waals surface area (Å²) in [6, 6.07) is 13.6. The van der Waals surface area contributed by atoms with E-state index in [9.17, 15) is 9.59 Å². The molecular weight excluding hydrogens is 442 g/mol. The molecule has 1 aliphatic heterocycles. The maximum Gasteiger partial charge on any atom is 0.242 e. The van der Waals surface area contributed by atoms with E-state index in [-0.39, 0.29) is 17.6 Å². The van der Waals surface area contributed by atoms with Crippen LogP contribution in [0.15, 0.2) is 53.6 Å². The van der Waals surface area contributed by atoms with E-state index in [0.717, 1.165) is 47.3 Å². The standard InChI is InChI=1S/C25H28ClN3O2S/c1-18-10-11-19(14-21(18)26)27-24(30)17-32-23-15-29(22-9-5-4-8-20(22)23)16-25(31)28-12-6-2-3-7-13-28/h4-5,8-11,14-15H,2-3,6-7,12-13,16-17H2,1H3,(H,27,30). The van der Waals surface area contributed by atoms with Gasteiger partial charge in [0, 0.05) is 45.8 Å². The fraction of sp³-hybridized carbons (Fsp3) is 0.360. The summed E-state index contributed by atoms with van der Waals surface area (Å²) in [6.07, 6.45) is 6.57. The first kappa shape index (κ1) is 22.7. The van der Waals surface area contributed by atoms with Gasteiger partial charge in [-0.25, -0.2) is 0 Å². The number of hydrogen-bond donors (Lipinski definition) is 1. The van der Waals surface area contributed by atoms with E-state index in [1.165, 1.54) is 24.6 Å². The van der Waals surface area contributed by atoms with Gasteiger partial charge >= 0.3 is 0 Å². The van der Waals surface area contributed by atoms with Gasteiger partial charge in [0.25, 0.3) is 0 Å². The Bertz CT molecular complexity index is 1120. The Morgan fingerprint density at radius 1 is 1.06 bits per heavy atom. The Labute approximate surface area is 198 Å². The molecule has 2 heterocycles. The van der Waals surface area contributed by atoms with Crippen LogP contribution in [0.2, 0.25) is 5.02 Å². The van der Waals surface area contributed by atoms with E-state index >= 15 is 0 Å². The maximum atomic E-state index is 12.9. The molecule has 5 nitrogen and oxygen atoms in total. The maximum absolute atomic E-state index is 12.9.